The highest BCUT2D eigenvalue weighted by molar-refractivity contribution is 6.30. The van der Waals surface area contributed by atoms with E-state index < -0.39 is 6.10 Å². The third-order valence-electron chi connectivity index (χ3n) is 3.31. The second kappa shape index (κ2) is 6.78. The van der Waals surface area contributed by atoms with Crippen LogP contribution in [-0.4, -0.2) is 11.7 Å². The lowest BCUT2D eigenvalue weighted by atomic mass is 10.0. The van der Waals surface area contributed by atoms with Crippen molar-refractivity contribution in [2.45, 2.75) is 25.9 Å². The lowest BCUT2D eigenvalue weighted by molar-refractivity contribution is 0.191. The van der Waals surface area contributed by atoms with Gasteiger partial charge in [0.15, 0.2) is 0 Å². The summed E-state index contributed by atoms with van der Waals surface area (Å²) in [5, 5.41) is 14.1. The van der Waals surface area contributed by atoms with Gasteiger partial charge < -0.3 is 10.4 Å². The molecule has 0 aliphatic heterocycles. The van der Waals surface area contributed by atoms with Gasteiger partial charge in [0, 0.05) is 17.3 Å². The van der Waals surface area contributed by atoms with Crippen LogP contribution in [0, 0.1) is 0 Å². The Hall–Kier alpha value is -1.51. The molecule has 1 atom stereocenters. The van der Waals surface area contributed by atoms with E-state index in [1.165, 1.54) is 5.56 Å². The third kappa shape index (κ3) is 3.99. The summed E-state index contributed by atoms with van der Waals surface area (Å²) in [5.74, 6) is 0.498. The van der Waals surface area contributed by atoms with Gasteiger partial charge in [-0.15, -0.1) is 0 Å². The molecule has 3 heteroatoms. The SMILES string of the molecule is CC(C)c1cccc(NCC(O)c2ccc(Cl)cc2)c1. The number of anilines is 1. The Morgan fingerprint density at radius 3 is 2.40 bits per heavy atom. The van der Waals surface area contributed by atoms with Crippen molar-refractivity contribution in [2.24, 2.45) is 0 Å². The lowest BCUT2D eigenvalue weighted by Gasteiger charge is -2.14. The normalized spacial score (nSPS) is 12.4. The molecule has 2 nitrogen and oxygen atoms in total. The Morgan fingerprint density at radius 2 is 1.75 bits per heavy atom. The minimum absolute atomic E-state index is 0.475. The molecule has 0 radical (unpaired) electrons. The first-order valence-corrected chi connectivity index (χ1v) is 7.21. The standard InChI is InChI=1S/C17H20ClNO/c1-12(2)14-4-3-5-16(10-14)19-11-17(20)13-6-8-15(18)9-7-13/h3-10,12,17,19-20H,11H2,1-2H3. The molecule has 2 aromatic carbocycles. The van der Waals surface area contributed by atoms with Crippen LogP contribution in [0.2, 0.25) is 5.02 Å². The summed E-state index contributed by atoms with van der Waals surface area (Å²) < 4.78 is 0. The maximum Gasteiger partial charge on any atom is 0.0962 e. The van der Waals surface area contributed by atoms with Crippen LogP contribution >= 0.6 is 11.6 Å². The van der Waals surface area contributed by atoms with Gasteiger partial charge in [-0.1, -0.05) is 49.7 Å². The smallest absolute Gasteiger partial charge is 0.0962 e. The molecule has 0 heterocycles. The Labute approximate surface area is 125 Å². The van der Waals surface area contributed by atoms with Gasteiger partial charge in [0.1, 0.15) is 0 Å². The average Bonchev–Trinajstić information content (AvgIpc) is 2.46. The van der Waals surface area contributed by atoms with Crippen LogP contribution in [0.4, 0.5) is 5.69 Å². The zero-order valence-electron chi connectivity index (χ0n) is 11.8. The highest BCUT2D eigenvalue weighted by Crippen LogP contribution is 2.20. The van der Waals surface area contributed by atoms with E-state index in [9.17, 15) is 5.11 Å². The van der Waals surface area contributed by atoms with Gasteiger partial charge in [0.2, 0.25) is 0 Å². The van der Waals surface area contributed by atoms with Gasteiger partial charge in [0.25, 0.3) is 0 Å². The van der Waals surface area contributed by atoms with Crippen molar-refractivity contribution >= 4 is 17.3 Å². The number of hydrogen-bond donors (Lipinski definition) is 2. The van der Waals surface area contributed by atoms with Crippen molar-refractivity contribution in [1.29, 1.82) is 0 Å². The molecule has 0 aliphatic rings. The number of hydrogen-bond acceptors (Lipinski definition) is 2. The van der Waals surface area contributed by atoms with E-state index in [2.05, 4.69) is 31.3 Å². The van der Waals surface area contributed by atoms with Gasteiger partial charge >= 0.3 is 0 Å². The molecular weight excluding hydrogens is 270 g/mol. The summed E-state index contributed by atoms with van der Waals surface area (Å²) in [7, 11) is 0. The summed E-state index contributed by atoms with van der Waals surface area (Å²) in [6.45, 7) is 4.81. The summed E-state index contributed by atoms with van der Waals surface area (Å²) >= 11 is 5.84. The molecule has 0 aliphatic carbocycles. The second-order valence-corrected chi connectivity index (χ2v) is 5.66. The first kappa shape index (κ1) is 14.9. The van der Waals surface area contributed by atoms with Crippen molar-refractivity contribution in [2.75, 3.05) is 11.9 Å². The van der Waals surface area contributed by atoms with Crippen molar-refractivity contribution in [3.8, 4) is 0 Å². The van der Waals surface area contributed by atoms with Crippen molar-refractivity contribution in [3.63, 3.8) is 0 Å². The zero-order valence-corrected chi connectivity index (χ0v) is 12.6. The Balaban J connectivity index is 1.97. The van der Waals surface area contributed by atoms with Crippen LogP contribution in [-0.2, 0) is 0 Å². The number of aliphatic hydroxyl groups excluding tert-OH is 1. The van der Waals surface area contributed by atoms with Crippen molar-refractivity contribution in [3.05, 3.63) is 64.7 Å². The molecule has 0 fully saturated rings. The fourth-order valence-electron chi connectivity index (χ4n) is 2.03. The van der Waals surface area contributed by atoms with Gasteiger partial charge in [-0.3, -0.25) is 0 Å². The number of rotatable bonds is 5. The minimum Gasteiger partial charge on any atom is -0.387 e. The monoisotopic (exact) mass is 289 g/mol. The Bertz CT molecular complexity index is 551. The van der Waals surface area contributed by atoms with E-state index >= 15 is 0 Å². The first-order chi connectivity index (χ1) is 9.56. The average molecular weight is 290 g/mol. The molecule has 0 aromatic heterocycles. The number of nitrogens with one attached hydrogen (secondary N) is 1. The topological polar surface area (TPSA) is 32.3 Å². The molecule has 1 unspecified atom stereocenters. The van der Waals surface area contributed by atoms with Crippen LogP contribution in [0.25, 0.3) is 0 Å². The third-order valence-corrected chi connectivity index (χ3v) is 3.56. The molecule has 0 amide bonds. The fourth-order valence-corrected chi connectivity index (χ4v) is 2.15. The Kier molecular flexibility index (Phi) is 5.05. The van der Waals surface area contributed by atoms with Crippen molar-refractivity contribution in [1.82, 2.24) is 0 Å². The van der Waals surface area contributed by atoms with E-state index in [1.807, 2.05) is 24.3 Å². The largest absolute Gasteiger partial charge is 0.387 e. The molecule has 0 saturated carbocycles. The number of benzene rings is 2. The predicted molar refractivity (Wildman–Crippen MR) is 85.4 cm³/mol. The zero-order chi connectivity index (χ0) is 14.5. The van der Waals surface area contributed by atoms with Crippen LogP contribution in [0.1, 0.15) is 37.0 Å². The molecule has 2 N–H and O–H groups in total. The molecule has 106 valence electrons. The minimum atomic E-state index is -0.546. The van der Waals surface area contributed by atoms with Gasteiger partial charge in [-0.25, -0.2) is 0 Å². The van der Waals surface area contributed by atoms with Crippen LogP contribution in [0.15, 0.2) is 48.5 Å². The molecule has 0 bridgehead atoms. The summed E-state index contributed by atoms with van der Waals surface area (Å²) in [6, 6.07) is 15.6. The first-order valence-electron chi connectivity index (χ1n) is 6.83. The number of halogens is 1. The highest BCUT2D eigenvalue weighted by atomic mass is 35.5. The molecule has 2 rings (SSSR count). The van der Waals surface area contributed by atoms with E-state index in [0.29, 0.717) is 17.5 Å². The molecule has 2 aromatic rings. The van der Waals surface area contributed by atoms with E-state index in [4.69, 9.17) is 11.6 Å². The van der Waals surface area contributed by atoms with Crippen LogP contribution in [0.3, 0.4) is 0 Å². The van der Waals surface area contributed by atoms with E-state index in [1.54, 1.807) is 12.1 Å². The van der Waals surface area contributed by atoms with Gasteiger partial charge in [0.05, 0.1) is 6.10 Å². The quantitative estimate of drug-likeness (QED) is 0.842. The second-order valence-electron chi connectivity index (χ2n) is 5.23. The van der Waals surface area contributed by atoms with Crippen molar-refractivity contribution < 1.29 is 5.11 Å². The predicted octanol–water partition coefficient (Wildman–Crippen LogP) is 4.61. The number of aliphatic hydroxyl groups is 1. The molecule has 0 saturated heterocycles. The van der Waals surface area contributed by atoms with Gasteiger partial charge in [-0.2, -0.15) is 0 Å². The molecule has 0 spiro atoms. The van der Waals surface area contributed by atoms with Gasteiger partial charge in [-0.05, 0) is 41.3 Å². The summed E-state index contributed by atoms with van der Waals surface area (Å²) in [6.07, 6.45) is -0.546. The maximum atomic E-state index is 10.1. The molecule has 20 heavy (non-hydrogen) atoms. The fraction of sp³-hybridized carbons (Fsp3) is 0.294. The molecular formula is C17H20ClNO. The summed E-state index contributed by atoms with van der Waals surface area (Å²) in [5.41, 5.74) is 3.18. The van der Waals surface area contributed by atoms with Crippen LogP contribution in [0.5, 0.6) is 0 Å². The van der Waals surface area contributed by atoms with E-state index in [-0.39, 0.29) is 0 Å². The maximum absolute atomic E-state index is 10.1. The summed E-state index contributed by atoms with van der Waals surface area (Å²) in [4.78, 5) is 0. The highest BCUT2D eigenvalue weighted by Gasteiger charge is 2.07. The lowest BCUT2D eigenvalue weighted by Crippen LogP contribution is -2.12. The van der Waals surface area contributed by atoms with Crippen LogP contribution < -0.4 is 5.32 Å². The van der Waals surface area contributed by atoms with E-state index in [0.717, 1.165) is 11.3 Å². The Morgan fingerprint density at radius 1 is 1.05 bits per heavy atom.